The molecule has 0 fully saturated rings. The Bertz CT molecular complexity index is 1050. The molecular weight excluding hydrogens is 336 g/mol. The molecule has 0 aliphatic carbocycles. The lowest BCUT2D eigenvalue weighted by molar-refractivity contribution is -0.131. The minimum Gasteiger partial charge on any atom is -0.464 e. The number of esters is 1. The van der Waals surface area contributed by atoms with Crippen LogP contribution < -0.4 is 4.74 Å². The maximum atomic E-state index is 11.8. The average molecular weight is 354 g/mol. The van der Waals surface area contributed by atoms with Crippen LogP contribution in [0.4, 0.5) is 0 Å². The molecule has 0 radical (unpaired) electrons. The van der Waals surface area contributed by atoms with Gasteiger partial charge >= 0.3 is 5.97 Å². The third-order valence-corrected chi connectivity index (χ3v) is 4.31. The van der Waals surface area contributed by atoms with Gasteiger partial charge in [-0.3, -0.25) is 4.79 Å². The molecule has 1 heterocycles. The van der Waals surface area contributed by atoms with Crippen molar-refractivity contribution in [2.24, 2.45) is 0 Å². The monoisotopic (exact) mass is 354 g/mol. The standard InChI is InChI=1S/C24H18O3/c1-17(25)27-23-16-20(22-13-8-14-26-22)15-21(18-9-4-2-5-10-18)24(23)19-11-6-3-7-12-19/h2-16H,1H3. The number of furan rings is 1. The van der Waals surface area contributed by atoms with Crippen LogP contribution in [0.1, 0.15) is 6.92 Å². The molecule has 0 saturated carbocycles. The summed E-state index contributed by atoms with van der Waals surface area (Å²) in [5, 5.41) is 0. The summed E-state index contributed by atoms with van der Waals surface area (Å²) in [6, 6.07) is 27.7. The van der Waals surface area contributed by atoms with Crippen molar-refractivity contribution in [3.05, 3.63) is 91.2 Å². The SMILES string of the molecule is CC(=O)Oc1cc(-c2ccco2)cc(-c2ccccc2)c1-c1ccccc1. The Morgan fingerprint density at radius 3 is 2.04 bits per heavy atom. The van der Waals surface area contributed by atoms with Crippen LogP contribution in [0.3, 0.4) is 0 Å². The van der Waals surface area contributed by atoms with Crippen LogP contribution >= 0.6 is 0 Å². The number of benzene rings is 3. The first-order chi connectivity index (χ1) is 13.2. The van der Waals surface area contributed by atoms with Crippen LogP contribution in [-0.4, -0.2) is 5.97 Å². The lowest BCUT2D eigenvalue weighted by Crippen LogP contribution is -2.04. The van der Waals surface area contributed by atoms with Gasteiger partial charge < -0.3 is 9.15 Å². The van der Waals surface area contributed by atoms with Gasteiger partial charge in [0.15, 0.2) is 0 Å². The fourth-order valence-electron chi connectivity index (χ4n) is 3.18. The third-order valence-electron chi connectivity index (χ3n) is 4.31. The van der Waals surface area contributed by atoms with Crippen molar-refractivity contribution in [2.45, 2.75) is 6.92 Å². The summed E-state index contributed by atoms with van der Waals surface area (Å²) in [7, 11) is 0. The largest absolute Gasteiger partial charge is 0.464 e. The molecule has 27 heavy (non-hydrogen) atoms. The van der Waals surface area contributed by atoms with Crippen molar-refractivity contribution < 1.29 is 13.9 Å². The summed E-state index contributed by atoms with van der Waals surface area (Å²) in [4.78, 5) is 11.8. The van der Waals surface area contributed by atoms with E-state index in [0.29, 0.717) is 5.75 Å². The Hall–Kier alpha value is -3.59. The van der Waals surface area contributed by atoms with Crippen LogP contribution in [0.5, 0.6) is 5.75 Å². The molecular formula is C24H18O3. The van der Waals surface area contributed by atoms with Crippen LogP contribution in [0, 0.1) is 0 Å². The topological polar surface area (TPSA) is 39.4 Å². The molecule has 0 N–H and O–H groups in total. The van der Waals surface area contributed by atoms with Crippen molar-refractivity contribution in [2.75, 3.05) is 0 Å². The molecule has 0 bridgehead atoms. The molecule has 4 rings (SSSR count). The van der Waals surface area contributed by atoms with E-state index in [0.717, 1.165) is 33.6 Å². The highest BCUT2D eigenvalue weighted by molar-refractivity contribution is 5.92. The third kappa shape index (κ3) is 3.53. The smallest absolute Gasteiger partial charge is 0.308 e. The van der Waals surface area contributed by atoms with Gasteiger partial charge in [-0.2, -0.15) is 0 Å². The Morgan fingerprint density at radius 2 is 1.44 bits per heavy atom. The van der Waals surface area contributed by atoms with Gasteiger partial charge in [0.1, 0.15) is 11.5 Å². The van der Waals surface area contributed by atoms with Crippen LogP contribution in [0.25, 0.3) is 33.6 Å². The number of ether oxygens (including phenoxy) is 1. The molecule has 0 amide bonds. The maximum Gasteiger partial charge on any atom is 0.308 e. The normalized spacial score (nSPS) is 10.6. The fraction of sp³-hybridized carbons (Fsp3) is 0.0417. The van der Waals surface area contributed by atoms with Gasteiger partial charge in [0.25, 0.3) is 0 Å². The van der Waals surface area contributed by atoms with Gasteiger partial charge in [-0.1, -0.05) is 60.7 Å². The van der Waals surface area contributed by atoms with E-state index in [9.17, 15) is 4.79 Å². The molecule has 0 aliphatic rings. The summed E-state index contributed by atoms with van der Waals surface area (Å²) in [5.41, 5.74) is 4.74. The molecule has 0 atom stereocenters. The number of carbonyl (C=O) groups excluding carboxylic acids is 1. The second-order valence-electron chi connectivity index (χ2n) is 6.20. The molecule has 3 heteroatoms. The fourth-order valence-corrected chi connectivity index (χ4v) is 3.18. The number of hydrogen-bond donors (Lipinski definition) is 0. The molecule has 0 spiro atoms. The van der Waals surface area contributed by atoms with E-state index in [4.69, 9.17) is 9.15 Å². The van der Waals surface area contributed by atoms with Gasteiger partial charge in [-0.15, -0.1) is 0 Å². The first kappa shape index (κ1) is 16.9. The van der Waals surface area contributed by atoms with Gasteiger partial charge in [0.05, 0.1) is 6.26 Å². The van der Waals surface area contributed by atoms with E-state index in [1.165, 1.54) is 6.92 Å². The molecule has 0 saturated heterocycles. The zero-order chi connectivity index (χ0) is 18.6. The average Bonchev–Trinajstić information content (AvgIpc) is 3.23. The summed E-state index contributed by atoms with van der Waals surface area (Å²) < 4.78 is 11.2. The highest BCUT2D eigenvalue weighted by atomic mass is 16.5. The van der Waals surface area contributed by atoms with Gasteiger partial charge in [-0.25, -0.2) is 0 Å². The van der Waals surface area contributed by atoms with Crippen LogP contribution in [0.15, 0.2) is 95.6 Å². The van der Waals surface area contributed by atoms with E-state index in [1.54, 1.807) is 6.26 Å². The molecule has 1 aromatic heterocycles. The zero-order valence-corrected chi connectivity index (χ0v) is 14.9. The highest BCUT2D eigenvalue weighted by Gasteiger charge is 2.18. The maximum absolute atomic E-state index is 11.8. The second kappa shape index (κ2) is 7.34. The van der Waals surface area contributed by atoms with Gasteiger partial charge in [-0.05, 0) is 41.0 Å². The van der Waals surface area contributed by atoms with E-state index in [-0.39, 0.29) is 5.97 Å². The molecule has 0 aliphatic heterocycles. The summed E-state index contributed by atoms with van der Waals surface area (Å²) in [6.07, 6.45) is 1.63. The van der Waals surface area contributed by atoms with Gasteiger partial charge in [0.2, 0.25) is 0 Å². The first-order valence-electron chi connectivity index (χ1n) is 8.73. The second-order valence-corrected chi connectivity index (χ2v) is 6.20. The van der Waals surface area contributed by atoms with Crippen molar-refractivity contribution in [1.29, 1.82) is 0 Å². The van der Waals surface area contributed by atoms with Crippen LogP contribution in [0.2, 0.25) is 0 Å². The van der Waals surface area contributed by atoms with Crippen LogP contribution in [-0.2, 0) is 4.79 Å². The number of rotatable bonds is 4. The predicted octanol–water partition coefficient (Wildman–Crippen LogP) is 6.21. The Kier molecular flexibility index (Phi) is 4.58. The highest BCUT2D eigenvalue weighted by Crippen LogP contribution is 2.42. The van der Waals surface area contributed by atoms with E-state index >= 15 is 0 Å². The molecule has 132 valence electrons. The van der Waals surface area contributed by atoms with Crippen molar-refractivity contribution in [3.63, 3.8) is 0 Å². The van der Waals surface area contributed by atoms with E-state index in [1.807, 2.05) is 78.9 Å². The number of hydrogen-bond acceptors (Lipinski definition) is 3. The summed E-state index contributed by atoms with van der Waals surface area (Å²) >= 11 is 0. The summed E-state index contributed by atoms with van der Waals surface area (Å²) in [5.74, 6) is 0.879. The Balaban J connectivity index is 2.03. The Morgan fingerprint density at radius 1 is 0.778 bits per heavy atom. The predicted molar refractivity (Wildman–Crippen MR) is 106 cm³/mol. The van der Waals surface area contributed by atoms with Crippen molar-refractivity contribution >= 4 is 5.97 Å². The van der Waals surface area contributed by atoms with Crippen molar-refractivity contribution in [3.8, 4) is 39.3 Å². The molecule has 3 aromatic carbocycles. The van der Waals surface area contributed by atoms with Gasteiger partial charge in [0, 0.05) is 18.1 Å². The van der Waals surface area contributed by atoms with E-state index < -0.39 is 0 Å². The van der Waals surface area contributed by atoms with Crippen molar-refractivity contribution in [1.82, 2.24) is 0 Å². The lowest BCUT2D eigenvalue weighted by Gasteiger charge is -2.17. The molecule has 0 unspecified atom stereocenters. The summed E-state index contributed by atoms with van der Waals surface area (Å²) in [6.45, 7) is 1.41. The van der Waals surface area contributed by atoms with E-state index in [2.05, 4.69) is 6.07 Å². The molecule has 3 nitrogen and oxygen atoms in total. The minimum atomic E-state index is -0.359. The zero-order valence-electron chi connectivity index (χ0n) is 14.9. The minimum absolute atomic E-state index is 0.359. The quantitative estimate of drug-likeness (QED) is 0.323. The Labute approximate surface area is 157 Å². The lowest BCUT2D eigenvalue weighted by atomic mass is 9.91. The number of carbonyl (C=O) groups is 1. The first-order valence-corrected chi connectivity index (χ1v) is 8.73. The molecule has 4 aromatic rings.